The largest absolute Gasteiger partial charge is 0.493 e. The molecule has 1 heterocycles. The predicted molar refractivity (Wildman–Crippen MR) is 104 cm³/mol. The zero-order chi connectivity index (χ0) is 22.8. The molecule has 1 saturated heterocycles. The lowest BCUT2D eigenvalue weighted by Gasteiger charge is -2.31. The summed E-state index contributed by atoms with van der Waals surface area (Å²) in [5.74, 6) is -2.40. The quantitative estimate of drug-likeness (QED) is 0.701. The van der Waals surface area contributed by atoms with E-state index >= 15 is 0 Å². The average molecular weight is 437 g/mol. The molecule has 1 fully saturated rings. The van der Waals surface area contributed by atoms with Crippen LogP contribution in [0, 0.1) is 5.92 Å². The van der Waals surface area contributed by atoms with Gasteiger partial charge in [0, 0.05) is 18.3 Å². The molecular formula is C20H18F3N3O5. The van der Waals surface area contributed by atoms with Gasteiger partial charge in [0.1, 0.15) is 5.92 Å². The summed E-state index contributed by atoms with van der Waals surface area (Å²) in [7, 11) is 2.80. The van der Waals surface area contributed by atoms with Crippen molar-refractivity contribution in [1.29, 1.82) is 0 Å². The maximum absolute atomic E-state index is 12.9. The van der Waals surface area contributed by atoms with Crippen LogP contribution in [0.15, 0.2) is 42.5 Å². The molecular weight excluding hydrogens is 419 g/mol. The molecule has 4 amide bonds. The number of carbonyl (C=O) groups is 3. The monoisotopic (exact) mass is 437 g/mol. The van der Waals surface area contributed by atoms with Crippen molar-refractivity contribution in [2.75, 3.05) is 31.0 Å². The lowest BCUT2D eigenvalue weighted by Crippen LogP contribution is -2.58. The van der Waals surface area contributed by atoms with Crippen molar-refractivity contribution in [3.63, 3.8) is 0 Å². The van der Waals surface area contributed by atoms with Gasteiger partial charge in [-0.05, 0) is 30.3 Å². The zero-order valence-electron chi connectivity index (χ0n) is 16.4. The van der Waals surface area contributed by atoms with Crippen LogP contribution in [0.25, 0.3) is 0 Å². The highest BCUT2D eigenvalue weighted by Crippen LogP contribution is 2.33. The topological polar surface area (TPSA) is 97.0 Å². The Morgan fingerprint density at radius 2 is 1.81 bits per heavy atom. The Morgan fingerprint density at radius 1 is 1.10 bits per heavy atom. The van der Waals surface area contributed by atoms with Crippen LogP contribution in [0.4, 0.5) is 29.3 Å². The van der Waals surface area contributed by atoms with Gasteiger partial charge in [-0.3, -0.25) is 9.59 Å². The molecule has 1 unspecified atom stereocenters. The number of benzene rings is 2. The molecule has 0 aliphatic carbocycles. The Morgan fingerprint density at radius 3 is 2.45 bits per heavy atom. The molecule has 2 N–H and O–H groups in total. The van der Waals surface area contributed by atoms with Crippen LogP contribution in [0.2, 0.25) is 0 Å². The van der Waals surface area contributed by atoms with E-state index in [-0.39, 0.29) is 23.7 Å². The van der Waals surface area contributed by atoms with E-state index in [1.54, 1.807) is 0 Å². The summed E-state index contributed by atoms with van der Waals surface area (Å²) in [4.78, 5) is 38.6. The van der Waals surface area contributed by atoms with E-state index in [1.165, 1.54) is 38.5 Å². The second kappa shape index (κ2) is 8.54. The minimum Gasteiger partial charge on any atom is -0.493 e. The van der Waals surface area contributed by atoms with E-state index in [1.807, 2.05) is 0 Å². The number of nitrogens with zero attached hydrogens (tertiary/aromatic N) is 1. The van der Waals surface area contributed by atoms with Crippen molar-refractivity contribution in [2.45, 2.75) is 6.18 Å². The Labute approximate surface area is 174 Å². The number of hydrogen-bond donors (Lipinski definition) is 2. The van der Waals surface area contributed by atoms with Gasteiger partial charge in [-0.2, -0.15) is 13.2 Å². The number of amides is 4. The molecule has 11 heteroatoms. The molecule has 1 aliphatic rings. The fraction of sp³-hybridized carbons (Fsp3) is 0.250. The fourth-order valence-electron chi connectivity index (χ4n) is 3.03. The molecule has 1 aliphatic heterocycles. The molecule has 0 spiro atoms. The first-order valence-electron chi connectivity index (χ1n) is 8.97. The molecule has 1 atom stereocenters. The Bertz CT molecular complexity index is 1030. The lowest BCUT2D eigenvalue weighted by atomic mass is 10.0. The van der Waals surface area contributed by atoms with Crippen molar-refractivity contribution >= 4 is 29.2 Å². The normalized spacial score (nSPS) is 16.5. The van der Waals surface area contributed by atoms with Gasteiger partial charge < -0.3 is 20.1 Å². The van der Waals surface area contributed by atoms with Crippen LogP contribution in [-0.4, -0.2) is 38.6 Å². The van der Waals surface area contributed by atoms with Crippen LogP contribution in [-0.2, 0) is 15.8 Å². The first-order chi connectivity index (χ1) is 14.7. The summed E-state index contributed by atoms with van der Waals surface area (Å²) < 4.78 is 48.9. The number of urea groups is 1. The number of anilines is 2. The summed E-state index contributed by atoms with van der Waals surface area (Å²) >= 11 is 0. The molecule has 3 rings (SSSR count). The summed E-state index contributed by atoms with van der Waals surface area (Å²) in [6.07, 6.45) is -4.58. The minimum absolute atomic E-state index is 0.123. The molecule has 8 nitrogen and oxygen atoms in total. The van der Waals surface area contributed by atoms with Crippen LogP contribution in [0.5, 0.6) is 11.5 Å². The van der Waals surface area contributed by atoms with Crippen LogP contribution < -0.4 is 25.0 Å². The number of alkyl halides is 3. The van der Waals surface area contributed by atoms with Gasteiger partial charge in [-0.1, -0.05) is 6.07 Å². The van der Waals surface area contributed by atoms with Crippen LogP contribution in [0.1, 0.15) is 5.56 Å². The van der Waals surface area contributed by atoms with Crippen molar-refractivity contribution in [2.24, 2.45) is 5.92 Å². The van der Waals surface area contributed by atoms with E-state index in [2.05, 4.69) is 10.6 Å². The van der Waals surface area contributed by atoms with E-state index in [0.29, 0.717) is 5.75 Å². The van der Waals surface area contributed by atoms with Crippen molar-refractivity contribution in [1.82, 2.24) is 5.32 Å². The maximum Gasteiger partial charge on any atom is 0.416 e. The number of carbonyl (C=O) groups excluding carboxylic acids is 3. The Balaban J connectivity index is 1.83. The average Bonchev–Trinajstić information content (AvgIpc) is 2.73. The van der Waals surface area contributed by atoms with Gasteiger partial charge in [0.2, 0.25) is 11.8 Å². The third-order valence-electron chi connectivity index (χ3n) is 4.58. The van der Waals surface area contributed by atoms with Gasteiger partial charge >= 0.3 is 12.2 Å². The van der Waals surface area contributed by atoms with Crippen molar-refractivity contribution in [3.05, 3.63) is 48.0 Å². The third-order valence-corrected chi connectivity index (χ3v) is 4.58. The number of halogens is 3. The van der Waals surface area contributed by atoms with Gasteiger partial charge in [0.05, 0.1) is 25.5 Å². The van der Waals surface area contributed by atoms with E-state index < -0.39 is 35.5 Å². The highest BCUT2D eigenvalue weighted by Gasteiger charge is 2.40. The molecule has 0 aromatic heterocycles. The van der Waals surface area contributed by atoms with Gasteiger partial charge in [-0.15, -0.1) is 0 Å². The molecule has 0 saturated carbocycles. The third kappa shape index (κ3) is 4.55. The lowest BCUT2D eigenvalue weighted by molar-refractivity contribution is -0.137. The SMILES string of the molecule is COc1ccc(N2C(=O)NCC(C(=O)Nc3cccc(C(F)(F)F)c3)C2=O)cc1OC. The van der Waals surface area contributed by atoms with Crippen molar-refractivity contribution < 1.29 is 37.0 Å². The summed E-state index contributed by atoms with van der Waals surface area (Å²) in [5, 5.41) is 4.73. The van der Waals surface area contributed by atoms with Crippen molar-refractivity contribution in [3.8, 4) is 11.5 Å². The van der Waals surface area contributed by atoms with Gasteiger partial charge in [0.15, 0.2) is 11.5 Å². The summed E-state index contributed by atoms with van der Waals surface area (Å²) in [6.45, 7) is -0.299. The zero-order valence-corrected chi connectivity index (χ0v) is 16.4. The Kier molecular flexibility index (Phi) is 6.04. The maximum atomic E-state index is 12.9. The first-order valence-corrected chi connectivity index (χ1v) is 8.97. The van der Waals surface area contributed by atoms with Gasteiger partial charge in [-0.25, -0.2) is 9.69 Å². The fourth-order valence-corrected chi connectivity index (χ4v) is 3.03. The molecule has 0 bridgehead atoms. The Hall–Kier alpha value is -3.76. The molecule has 31 heavy (non-hydrogen) atoms. The number of rotatable bonds is 5. The van der Waals surface area contributed by atoms with Gasteiger partial charge in [0.25, 0.3) is 0 Å². The van der Waals surface area contributed by atoms with E-state index in [9.17, 15) is 27.6 Å². The first kappa shape index (κ1) is 21.9. The van der Waals surface area contributed by atoms with Crippen LogP contribution in [0.3, 0.4) is 0 Å². The molecule has 0 radical (unpaired) electrons. The number of methoxy groups -OCH3 is 2. The number of hydrogen-bond acceptors (Lipinski definition) is 5. The second-order valence-corrected chi connectivity index (χ2v) is 6.52. The highest BCUT2D eigenvalue weighted by molar-refractivity contribution is 6.23. The minimum atomic E-state index is -4.58. The standard InChI is InChI=1S/C20H18F3N3O5/c1-30-15-7-6-13(9-16(15)31-2)26-18(28)14(10-24-19(26)29)17(27)25-12-5-3-4-11(8-12)20(21,22)23/h3-9,14H,10H2,1-2H3,(H,24,29)(H,25,27). The number of nitrogens with one attached hydrogen (secondary N) is 2. The second-order valence-electron chi connectivity index (χ2n) is 6.52. The summed E-state index contributed by atoms with van der Waals surface area (Å²) in [6, 6.07) is 7.59. The predicted octanol–water partition coefficient (Wildman–Crippen LogP) is 3.03. The van der Waals surface area contributed by atoms with E-state index in [0.717, 1.165) is 23.1 Å². The number of imide groups is 1. The van der Waals surface area contributed by atoms with Crippen LogP contribution >= 0.6 is 0 Å². The molecule has 164 valence electrons. The number of ether oxygens (including phenoxy) is 2. The summed E-state index contributed by atoms with van der Waals surface area (Å²) in [5.41, 5.74) is -0.931. The molecule has 2 aromatic rings. The highest BCUT2D eigenvalue weighted by atomic mass is 19.4. The van der Waals surface area contributed by atoms with E-state index in [4.69, 9.17) is 9.47 Å². The molecule has 2 aromatic carbocycles. The smallest absolute Gasteiger partial charge is 0.416 e.